The van der Waals surface area contributed by atoms with Gasteiger partial charge in [-0.25, -0.2) is 33.7 Å². The predicted molar refractivity (Wildman–Crippen MR) is 133 cm³/mol. The summed E-state index contributed by atoms with van der Waals surface area (Å²) >= 11 is 0. The van der Waals surface area contributed by atoms with Crippen LogP contribution in [0.4, 0.5) is 5.82 Å². The highest BCUT2D eigenvalue weighted by molar-refractivity contribution is 7.61. The van der Waals surface area contributed by atoms with Crippen LogP contribution in [0.5, 0.6) is 0 Å². The van der Waals surface area contributed by atoms with E-state index in [9.17, 15) is 44.1 Å². The first-order valence-electron chi connectivity index (χ1n) is 12.0. The number of anilines is 1. The van der Waals surface area contributed by atoms with Crippen LogP contribution in [0.3, 0.4) is 0 Å². The van der Waals surface area contributed by atoms with E-state index in [4.69, 9.17) is 20.9 Å². The van der Waals surface area contributed by atoms with Crippen LogP contribution in [-0.2, 0) is 32.0 Å². The summed E-state index contributed by atoms with van der Waals surface area (Å²) in [6.07, 6.45) is -8.90. The Kier molecular flexibility index (Phi) is 8.63. The smallest absolute Gasteiger partial charge is 0.387 e. The number of rotatable bonds is 11. The molecule has 25 heteroatoms. The average Bonchev–Trinajstić information content (AvgIpc) is 3.70. The summed E-state index contributed by atoms with van der Waals surface area (Å²) in [6, 6.07) is 0. The number of nitrogens with two attached hydrogens (primary N) is 2. The zero-order chi connectivity index (χ0) is 31.3. The average molecular weight is 653 g/mol. The molecule has 2 aliphatic heterocycles. The van der Waals surface area contributed by atoms with Gasteiger partial charge in [-0.3, -0.25) is 18.4 Å². The fourth-order valence-electron chi connectivity index (χ4n) is 4.26. The number of phosphoric ester groups is 2. The molecule has 2 aliphatic rings. The Balaban J connectivity index is 1.15. The zero-order valence-corrected chi connectivity index (χ0v) is 23.2. The molecule has 1 amide bonds. The number of aromatic nitrogens is 7. The molecule has 5 heterocycles. The Morgan fingerprint density at radius 2 is 1.47 bits per heavy atom. The van der Waals surface area contributed by atoms with Gasteiger partial charge in [0.15, 0.2) is 23.9 Å². The van der Waals surface area contributed by atoms with Gasteiger partial charge in [-0.2, -0.15) is 4.31 Å². The molecule has 3 aromatic heterocycles. The Hall–Kier alpha value is -3.02. The van der Waals surface area contributed by atoms with Crippen molar-refractivity contribution >= 4 is 38.5 Å². The van der Waals surface area contributed by atoms with E-state index in [0.717, 1.165) is 17.3 Å². The highest BCUT2D eigenvalue weighted by Crippen LogP contribution is 2.60. The number of amides is 1. The molecular weight excluding hydrogens is 628 g/mol. The maximum absolute atomic E-state index is 12.4. The number of nitrogen functional groups attached to an aromatic ring is 1. The van der Waals surface area contributed by atoms with Crippen LogP contribution in [0.15, 0.2) is 19.0 Å². The van der Waals surface area contributed by atoms with Gasteiger partial charge in [0.05, 0.1) is 19.5 Å². The SMILES string of the molecule is NC(=O)c1ncn([C@@H]2O[C@H](COP(=O)(O)OP(=O)(O)OC[C@H]3O[C@@H](n4cnc5c(N)ncnc54)[C@H](O)[C@@H]3O)[C@@H](O)[C@H]2O)n1. The van der Waals surface area contributed by atoms with Crippen molar-refractivity contribution in [2.24, 2.45) is 5.73 Å². The number of hydrogen-bond acceptors (Lipinski definition) is 18. The molecule has 2 fully saturated rings. The number of aliphatic hydroxyl groups excluding tert-OH is 4. The lowest BCUT2D eigenvalue weighted by atomic mass is 10.1. The van der Waals surface area contributed by atoms with Crippen molar-refractivity contribution in [1.82, 2.24) is 34.3 Å². The number of aliphatic hydroxyl groups is 4. The van der Waals surface area contributed by atoms with Crippen LogP contribution in [0, 0.1) is 0 Å². The van der Waals surface area contributed by atoms with Gasteiger partial charge in [0.2, 0.25) is 5.82 Å². The fourth-order valence-corrected chi connectivity index (χ4v) is 6.35. The van der Waals surface area contributed by atoms with Crippen molar-refractivity contribution in [3.8, 4) is 0 Å². The molecule has 0 radical (unpaired) electrons. The van der Waals surface area contributed by atoms with E-state index >= 15 is 0 Å². The number of hydrogen-bond donors (Lipinski definition) is 8. The normalized spacial score (nSPS) is 32.1. The Bertz CT molecular complexity index is 1590. The molecule has 2 saturated heterocycles. The molecule has 0 spiro atoms. The summed E-state index contributed by atoms with van der Waals surface area (Å²) in [7, 11) is -10.8. The Labute approximate surface area is 238 Å². The molecule has 0 bridgehead atoms. The van der Waals surface area contributed by atoms with E-state index in [1.54, 1.807) is 0 Å². The standard InChI is InChI=1S/C18H25N9O14P2/c19-13-8-16(22-3-21-13)26(4-23-8)17-11(30)9(28)6(39-17)1-37-42(33,34)41-43(35,36)38-2-7-10(29)12(31)18(40-7)27-5-24-15(25-27)14(20)32/h3-7,9-12,17-18,28-31H,1-2H2,(H2,20,32)(H,33,34)(H,35,36)(H2,19,21,22)/t6-,7-,9-,10-,11-,12-,17-,18-/m1/s1. The van der Waals surface area contributed by atoms with Crippen LogP contribution in [0.1, 0.15) is 23.1 Å². The Morgan fingerprint density at radius 3 is 2.05 bits per heavy atom. The van der Waals surface area contributed by atoms with Crippen LogP contribution in [-0.4, -0.2) is 120 Å². The van der Waals surface area contributed by atoms with Gasteiger partial charge in [-0.15, -0.1) is 5.10 Å². The van der Waals surface area contributed by atoms with Gasteiger partial charge in [-0.05, 0) is 0 Å². The van der Waals surface area contributed by atoms with Crippen molar-refractivity contribution in [1.29, 1.82) is 0 Å². The van der Waals surface area contributed by atoms with Crippen LogP contribution < -0.4 is 11.5 Å². The summed E-state index contributed by atoms with van der Waals surface area (Å²) in [5.41, 5.74) is 11.1. The van der Waals surface area contributed by atoms with Crippen molar-refractivity contribution < 1.29 is 67.0 Å². The second kappa shape index (κ2) is 11.8. The van der Waals surface area contributed by atoms with Gasteiger partial charge < -0.3 is 51.2 Å². The van der Waals surface area contributed by atoms with Gasteiger partial charge in [0.1, 0.15) is 54.8 Å². The number of nitrogens with zero attached hydrogens (tertiary/aromatic N) is 7. The first-order valence-corrected chi connectivity index (χ1v) is 15.0. The van der Waals surface area contributed by atoms with Crippen LogP contribution in [0.2, 0.25) is 0 Å². The molecule has 3 aromatic rings. The van der Waals surface area contributed by atoms with E-state index in [1.165, 1.54) is 10.9 Å². The molecule has 0 aliphatic carbocycles. The first-order chi connectivity index (χ1) is 20.2. The molecule has 10 N–H and O–H groups in total. The zero-order valence-electron chi connectivity index (χ0n) is 21.4. The second-order valence-electron chi connectivity index (χ2n) is 9.20. The molecule has 2 unspecified atom stereocenters. The van der Waals surface area contributed by atoms with Gasteiger partial charge in [0.25, 0.3) is 5.91 Å². The third kappa shape index (κ3) is 6.44. The molecular formula is C18H25N9O14P2. The third-order valence-electron chi connectivity index (χ3n) is 6.34. The van der Waals surface area contributed by atoms with E-state index in [-0.39, 0.29) is 17.0 Å². The molecule has 0 saturated carbocycles. The van der Waals surface area contributed by atoms with E-state index in [1.807, 2.05) is 0 Å². The first kappa shape index (κ1) is 31.4. The van der Waals surface area contributed by atoms with Crippen molar-refractivity contribution in [2.45, 2.75) is 49.1 Å². The summed E-state index contributed by atoms with van der Waals surface area (Å²) in [5.74, 6) is -1.34. The Morgan fingerprint density at radius 1 is 0.884 bits per heavy atom. The minimum Gasteiger partial charge on any atom is -0.387 e. The number of phosphoric acid groups is 2. The lowest BCUT2D eigenvalue weighted by Crippen LogP contribution is -2.34. The van der Waals surface area contributed by atoms with E-state index in [2.05, 4.69) is 38.4 Å². The molecule has 10 atom stereocenters. The third-order valence-corrected chi connectivity index (χ3v) is 8.94. The van der Waals surface area contributed by atoms with Gasteiger partial charge >= 0.3 is 15.6 Å². The van der Waals surface area contributed by atoms with Crippen LogP contribution in [0.25, 0.3) is 11.2 Å². The number of carbonyl (C=O) groups excluding carboxylic acids is 1. The summed E-state index contributed by atoms with van der Waals surface area (Å²) < 4.78 is 51.3. The highest BCUT2D eigenvalue weighted by atomic mass is 31.3. The number of imidazole rings is 1. The van der Waals surface area contributed by atoms with Crippen molar-refractivity contribution in [3.05, 3.63) is 24.8 Å². The lowest BCUT2D eigenvalue weighted by Gasteiger charge is -2.20. The maximum Gasteiger partial charge on any atom is 0.481 e. The number of carbonyl (C=O) groups is 1. The number of fused-ring (bicyclic) bond motifs is 1. The molecule has 43 heavy (non-hydrogen) atoms. The monoisotopic (exact) mass is 653 g/mol. The van der Waals surface area contributed by atoms with Crippen molar-refractivity contribution in [3.63, 3.8) is 0 Å². The predicted octanol–water partition coefficient (Wildman–Crippen LogP) is -3.71. The fraction of sp³-hybridized carbons (Fsp3) is 0.556. The number of primary amides is 1. The maximum atomic E-state index is 12.4. The summed E-state index contributed by atoms with van der Waals surface area (Å²) in [5, 5.41) is 45.0. The topological polar surface area (TPSA) is 345 Å². The minimum atomic E-state index is -5.38. The second-order valence-corrected chi connectivity index (χ2v) is 12.2. The number of ether oxygens (including phenoxy) is 2. The van der Waals surface area contributed by atoms with Gasteiger partial charge in [0, 0.05) is 0 Å². The molecule has 23 nitrogen and oxygen atoms in total. The lowest BCUT2D eigenvalue weighted by molar-refractivity contribution is -0.0588. The highest BCUT2D eigenvalue weighted by Gasteiger charge is 2.48. The summed E-state index contributed by atoms with van der Waals surface area (Å²) in [4.78, 5) is 46.5. The van der Waals surface area contributed by atoms with Gasteiger partial charge in [-0.1, -0.05) is 0 Å². The quantitative estimate of drug-likeness (QED) is 0.0922. The minimum absolute atomic E-state index is 0.0460. The van der Waals surface area contributed by atoms with E-state index < -0.39 is 89.7 Å². The largest absolute Gasteiger partial charge is 0.481 e. The molecule has 236 valence electrons. The van der Waals surface area contributed by atoms with E-state index in [0.29, 0.717) is 0 Å². The van der Waals surface area contributed by atoms with Crippen LogP contribution >= 0.6 is 15.6 Å². The molecule has 0 aromatic carbocycles. The van der Waals surface area contributed by atoms with Crippen molar-refractivity contribution in [2.75, 3.05) is 18.9 Å². The molecule has 5 rings (SSSR count). The summed E-state index contributed by atoms with van der Waals surface area (Å²) in [6.45, 7) is -1.85.